The Hall–Kier alpha value is -1.37. The summed E-state index contributed by atoms with van der Waals surface area (Å²) in [4.78, 5) is 4.33. The van der Waals surface area contributed by atoms with E-state index in [4.69, 9.17) is 0 Å². The number of aryl methyl sites for hydroxylation is 3. The zero-order valence-electron chi connectivity index (χ0n) is 12.9. The molecule has 0 atom stereocenters. The molecule has 0 aliphatic carbocycles. The number of unbranched alkanes of at least 4 members (excludes halogenated alkanes) is 2. The Kier molecular flexibility index (Phi) is 6.55. The Labute approximate surface area is 118 Å². The van der Waals surface area contributed by atoms with Crippen molar-refractivity contribution in [1.29, 1.82) is 0 Å². The highest BCUT2D eigenvalue weighted by molar-refractivity contribution is 6.00. The van der Waals surface area contributed by atoms with Crippen molar-refractivity contribution in [3.8, 4) is 0 Å². The third-order valence-corrected chi connectivity index (χ3v) is 3.65. The fourth-order valence-electron chi connectivity index (χ4n) is 2.54. The predicted molar refractivity (Wildman–Crippen MR) is 86.2 cm³/mol. The van der Waals surface area contributed by atoms with Gasteiger partial charge in [0.05, 0.1) is 0 Å². The first-order valence-corrected chi connectivity index (χ1v) is 7.42. The summed E-state index contributed by atoms with van der Waals surface area (Å²) in [6, 6.07) is 4.67. The van der Waals surface area contributed by atoms with E-state index in [0.29, 0.717) is 0 Å². The van der Waals surface area contributed by atoms with Crippen LogP contribution in [0.3, 0.4) is 0 Å². The number of nitrogens with zero attached hydrogens (tertiary/aromatic N) is 1. The molecule has 1 aromatic carbocycles. The highest BCUT2D eigenvalue weighted by Crippen LogP contribution is 2.20. The van der Waals surface area contributed by atoms with Crippen LogP contribution in [0.4, 0.5) is 0 Å². The molecule has 19 heavy (non-hydrogen) atoms. The van der Waals surface area contributed by atoms with Gasteiger partial charge in [0.2, 0.25) is 0 Å². The molecule has 0 bridgehead atoms. The lowest BCUT2D eigenvalue weighted by Crippen LogP contribution is -2.03. The summed E-state index contributed by atoms with van der Waals surface area (Å²) in [5, 5.41) is 0. The van der Waals surface area contributed by atoms with Crippen LogP contribution >= 0.6 is 0 Å². The Bertz CT molecular complexity index is 455. The molecular weight excluding hydrogens is 230 g/mol. The van der Waals surface area contributed by atoms with Crippen molar-refractivity contribution < 1.29 is 0 Å². The summed E-state index contributed by atoms with van der Waals surface area (Å²) in [5.41, 5.74) is 6.63. The highest BCUT2D eigenvalue weighted by atomic mass is 14.7. The fraction of sp³-hybridized carbons (Fsp3) is 0.500. The molecule has 0 aromatic heterocycles. The van der Waals surface area contributed by atoms with Crippen molar-refractivity contribution in [3.63, 3.8) is 0 Å². The van der Waals surface area contributed by atoms with E-state index in [1.54, 1.807) is 6.20 Å². The van der Waals surface area contributed by atoms with Crippen LogP contribution in [0.5, 0.6) is 0 Å². The third-order valence-electron chi connectivity index (χ3n) is 3.65. The molecule has 0 fully saturated rings. The quantitative estimate of drug-likeness (QED) is 0.468. The van der Waals surface area contributed by atoms with Crippen LogP contribution in [0.25, 0.3) is 0 Å². The summed E-state index contributed by atoms with van der Waals surface area (Å²) >= 11 is 0. The van der Waals surface area contributed by atoms with Gasteiger partial charge in [-0.05, 0) is 61.4 Å². The Morgan fingerprint density at radius 2 is 1.95 bits per heavy atom. The standard InChI is InChI=1S/C18H27N/c1-6-9-10-11-17-13-18(15(5)19-8-3)14(4)12-16(17)7-2/h8,12-13H,3,6-7,9-11H2,1-2,4-5H3/b19-15-. The van der Waals surface area contributed by atoms with Gasteiger partial charge in [0.1, 0.15) is 0 Å². The van der Waals surface area contributed by atoms with Gasteiger partial charge in [-0.3, -0.25) is 4.99 Å². The molecule has 0 aliphatic heterocycles. The average molecular weight is 257 g/mol. The van der Waals surface area contributed by atoms with Crippen LogP contribution in [0.15, 0.2) is 29.9 Å². The summed E-state index contributed by atoms with van der Waals surface area (Å²) < 4.78 is 0. The average Bonchev–Trinajstić information content (AvgIpc) is 2.40. The minimum atomic E-state index is 1.06. The first-order chi connectivity index (χ1) is 9.13. The van der Waals surface area contributed by atoms with E-state index < -0.39 is 0 Å². The molecule has 1 nitrogen and oxygen atoms in total. The van der Waals surface area contributed by atoms with Crippen LogP contribution in [0.2, 0.25) is 0 Å². The van der Waals surface area contributed by atoms with Crippen molar-refractivity contribution in [2.24, 2.45) is 4.99 Å². The summed E-state index contributed by atoms with van der Waals surface area (Å²) in [5.74, 6) is 0. The number of aliphatic imine (C=N–C) groups is 1. The lowest BCUT2D eigenvalue weighted by molar-refractivity contribution is 0.713. The zero-order valence-corrected chi connectivity index (χ0v) is 12.9. The number of benzene rings is 1. The molecule has 0 aliphatic rings. The second kappa shape index (κ2) is 7.93. The van der Waals surface area contributed by atoms with E-state index in [1.165, 1.54) is 47.9 Å². The molecule has 0 saturated carbocycles. The maximum absolute atomic E-state index is 4.33. The largest absolute Gasteiger partial charge is 0.262 e. The van der Waals surface area contributed by atoms with E-state index in [2.05, 4.69) is 51.4 Å². The number of hydrogen-bond acceptors (Lipinski definition) is 1. The monoisotopic (exact) mass is 257 g/mol. The SMILES string of the molecule is C=C/N=C(/C)c1cc(CCCCC)c(CC)cc1C. The second-order valence-corrected chi connectivity index (χ2v) is 5.14. The van der Waals surface area contributed by atoms with Crippen LogP contribution in [-0.2, 0) is 12.8 Å². The normalized spacial score (nSPS) is 11.7. The van der Waals surface area contributed by atoms with Crippen molar-refractivity contribution in [2.75, 3.05) is 0 Å². The molecule has 0 heterocycles. The van der Waals surface area contributed by atoms with Gasteiger partial charge in [-0.2, -0.15) is 0 Å². The van der Waals surface area contributed by atoms with E-state index in [0.717, 1.165) is 12.1 Å². The van der Waals surface area contributed by atoms with Crippen molar-refractivity contribution in [3.05, 3.63) is 47.2 Å². The van der Waals surface area contributed by atoms with Crippen LogP contribution in [-0.4, -0.2) is 5.71 Å². The van der Waals surface area contributed by atoms with Gasteiger partial charge in [-0.25, -0.2) is 0 Å². The summed E-state index contributed by atoms with van der Waals surface area (Å²) in [7, 11) is 0. The van der Waals surface area contributed by atoms with Crippen molar-refractivity contribution in [2.45, 2.75) is 59.8 Å². The number of rotatable bonds is 7. The van der Waals surface area contributed by atoms with Gasteiger partial charge < -0.3 is 0 Å². The molecule has 104 valence electrons. The van der Waals surface area contributed by atoms with Crippen LogP contribution in [0, 0.1) is 6.92 Å². The minimum absolute atomic E-state index is 1.06. The molecule has 0 amide bonds. The molecule has 0 saturated heterocycles. The van der Waals surface area contributed by atoms with Gasteiger partial charge in [0.15, 0.2) is 0 Å². The Morgan fingerprint density at radius 3 is 2.53 bits per heavy atom. The molecule has 1 rings (SSSR count). The molecule has 0 spiro atoms. The Morgan fingerprint density at radius 1 is 1.21 bits per heavy atom. The zero-order chi connectivity index (χ0) is 14.3. The third kappa shape index (κ3) is 4.34. The molecule has 0 unspecified atom stereocenters. The molecule has 0 radical (unpaired) electrons. The minimum Gasteiger partial charge on any atom is -0.262 e. The maximum atomic E-state index is 4.33. The van der Waals surface area contributed by atoms with Gasteiger partial charge >= 0.3 is 0 Å². The summed E-state index contributed by atoms with van der Waals surface area (Å²) in [6.45, 7) is 12.4. The van der Waals surface area contributed by atoms with Gasteiger partial charge in [-0.15, -0.1) is 0 Å². The van der Waals surface area contributed by atoms with Crippen molar-refractivity contribution >= 4 is 5.71 Å². The van der Waals surface area contributed by atoms with E-state index >= 15 is 0 Å². The lowest BCUT2D eigenvalue weighted by atomic mass is 9.92. The van der Waals surface area contributed by atoms with Crippen LogP contribution < -0.4 is 0 Å². The van der Waals surface area contributed by atoms with Crippen molar-refractivity contribution in [1.82, 2.24) is 0 Å². The molecular formula is C18H27N. The van der Waals surface area contributed by atoms with E-state index in [-0.39, 0.29) is 0 Å². The first-order valence-electron chi connectivity index (χ1n) is 7.42. The van der Waals surface area contributed by atoms with Crippen LogP contribution in [0.1, 0.15) is 62.3 Å². The topological polar surface area (TPSA) is 12.4 Å². The van der Waals surface area contributed by atoms with Gasteiger partial charge in [0, 0.05) is 11.9 Å². The molecule has 1 heteroatoms. The predicted octanol–water partition coefficient (Wildman–Crippen LogP) is 5.24. The smallest absolute Gasteiger partial charge is 0.0447 e. The fourth-order valence-corrected chi connectivity index (χ4v) is 2.54. The maximum Gasteiger partial charge on any atom is 0.0447 e. The van der Waals surface area contributed by atoms with Gasteiger partial charge in [-0.1, -0.05) is 39.3 Å². The van der Waals surface area contributed by atoms with Gasteiger partial charge in [0.25, 0.3) is 0 Å². The second-order valence-electron chi connectivity index (χ2n) is 5.14. The molecule has 0 N–H and O–H groups in total. The van der Waals surface area contributed by atoms with E-state index in [1.807, 2.05) is 0 Å². The highest BCUT2D eigenvalue weighted by Gasteiger charge is 2.08. The van der Waals surface area contributed by atoms with E-state index in [9.17, 15) is 0 Å². The first kappa shape index (κ1) is 15.7. The Balaban J connectivity index is 3.10. The molecule has 1 aromatic rings. The summed E-state index contributed by atoms with van der Waals surface area (Å²) in [6.07, 6.45) is 7.79. The lowest BCUT2D eigenvalue weighted by Gasteiger charge is -2.13. The number of hydrogen-bond donors (Lipinski definition) is 0.